The second kappa shape index (κ2) is 10.9. The summed E-state index contributed by atoms with van der Waals surface area (Å²) in [5.41, 5.74) is 6.67. The summed E-state index contributed by atoms with van der Waals surface area (Å²) in [5.74, 6) is 0.853. The Morgan fingerprint density at radius 1 is 0.973 bits per heavy atom. The molecule has 0 fully saturated rings. The number of benzene rings is 3. The van der Waals surface area contributed by atoms with Crippen LogP contribution >= 0.6 is 0 Å². The second-order valence-electron chi connectivity index (χ2n) is 12.0. The molecule has 198 valence electrons. The number of hydrogen-bond donors (Lipinski definition) is 1. The summed E-state index contributed by atoms with van der Waals surface area (Å²) >= 11 is 0. The van der Waals surface area contributed by atoms with Gasteiger partial charge in [0.2, 0.25) is 0 Å². The van der Waals surface area contributed by atoms with E-state index in [1.807, 2.05) is 0 Å². The lowest BCUT2D eigenvalue weighted by Crippen LogP contribution is -2.51. The first-order valence-corrected chi connectivity index (χ1v) is 13.4. The molecule has 0 radical (unpaired) electrons. The predicted octanol–water partition coefficient (Wildman–Crippen LogP) is 8.13. The van der Waals surface area contributed by atoms with Gasteiger partial charge in [-0.3, -0.25) is 0 Å². The molecule has 3 aromatic carbocycles. The molecule has 1 aliphatic heterocycles. The number of hydrogen-bond acceptors (Lipinski definition) is 4. The van der Waals surface area contributed by atoms with Gasteiger partial charge in [0.15, 0.2) is 0 Å². The highest BCUT2D eigenvalue weighted by atomic mass is 16.6. The van der Waals surface area contributed by atoms with Gasteiger partial charge in [0.1, 0.15) is 23.6 Å². The van der Waals surface area contributed by atoms with Crippen molar-refractivity contribution in [3.8, 4) is 5.75 Å². The van der Waals surface area contributed by atoms with Crippen molar-refractivity contribution in [2.45, 2.75) is 97.9 Å². The van der Waals surface area contributed by atoms with Crippen molar-refractivity contribution in [1.29, 1.82) is 0 Å². The molecule has 0 bridgehead atoms. The summed E-state index contributed by atoms with van der Waals surface area (Å²) < 4.78 is 19.6. The van der Waals surface area contributed by atoms with Crippen LogP contribution in [0, 0.1) is 6.92 Å². The topological polar surface area (TPSA) is 39.7 Å². The average molecular weight is 502 g/mol. The van der Waals surface area contributed by atoms with Crippen LogP contribution in [-0.4, -0.2) is 17.8 Å². The lowest BCUT2D eigenvalue weighted by atomic mass is 9.87. The van der Waals surface area contributed by atoms with Crippen molar-refractivity contribution >= 4 is 5.69 Å². The first-order valence-electron chi connectivity index (χ1n) is 13.4. The summed E-state index contributed by atoms with van der Waals surface area (Å²) in [5, 5.41) is 3.59. The van der Waals surface area contributed by atoms with Gasteiger partial charge < -0.3 is 19.5 Å². The number of fused-ring (bicyclic) bond motifs is 1. The monoisotopic (exact) mass is 501 g/mol. The van der Waals surface area contributed by atoms with Crippen LogP contribution in [0.25, 0.3) is 0 Å². The van der Waals surface area contributed by atoms with Gasteiger partial charge in [-0.05, 0) is 80.5 Å². The molecule has 0 saturated carbocycles. The number of ether oxygens (including phenoxy) is 3. The van der Waals surface area contributed by atoms with Gasteiger partial charge in [0.25, 0.3) is 0 Å². The van der Waals surface area contributed by atoms with Gasteiger partial charge in [-0.25, -0.2) is 0 Å². The van der Waals surface area contributed by atoms with Crippen molar-refractivity contribution in [2.75, 3.05) is 5.32 Å². The highest BCUT2D eigenvalue weighted by Crippen LogP contribution is 2.45. The summed E-state index contributed by atoms with van der Waals surface area (Å²) in [6.07, 6.45) is -0.452. The lowest BCUT2D eigenvalue weighted by Gasteiger charge is -2.45. The van der Waals surface area contributed by atoms with Crippen LogP contribution in [0.1, 0.15) is 82.4 Å². The van der Waals surface area contributed by atoms with Gasteiger partial charge in [-0.15, -0.1) is 0 Å². The molecule has 4 heteroatoms. The Hall–Kier alpha value is -2.82. The van der Waals surface area contributed by atoms with Crippen LogP contribution in [0.2, 0.25) is 0 Å². The van der Waals surface area contributed by atoms with E-state index < -0.39 is 5.60 Å². The third-order valence-corrected chi connectivity index (χ3v) is 7.06. The van der Waals surface area contributed by atoms with E-state index in [-0.39, 0.29) is 23.7 Å². The van der Waals surface area contributed by atoms with Gasteiger partial charge in [0, 0.05) is 17.8 Å². The number of aryl methyl sites for hydroxylation is 1. The minimum absolute atomic E-state index is 0.0502. The van der Waals surface area contributed by atoms with Gasteiger partial charge >= 0.3 is 0 Å². The Morgan fingerprint density at radius 2 is 1.68 bits per heavy atom. The zero-order valence-electron chi connectivity index (χ0n) is 23.7. The van der Waals surface area contributed by atoms with Crippen LogP contribution in [-0.2, 0) is 28.0 Å². The smallest absolute Gasteiger partial charge is 0.132 e. The van der Waals surface area contributed by atoms with E-state index in [0.717, 1.165) is 23.5 Å². The zero-order valence-corrected chi connectivity index (χ0v) is 23.7. The average Bonchev–Trinajstić information content (AvgIpc) is 2.82. The maximum absolute atomic E-state index is 6.57. The van der Waals surface area contributed by atoms with Gasteiger partial charge in [0.05, 0.1) is 12.7 Å². The molecule has 0 spiro atoms. The standard InChI is InChI=1S/C33H43NO3/c1-22(2)36-30-28-19-27(34-20-24-13-15-26(16-14-24)32(4,5)6)17-18-29(28)37-33(7,8)31(30)35-21-25-12-10-9-11-23(25)3/h9-19,22,30-31,34H,20-21H2,1-8H3. The maximum Gasteiger partial charge on any atom is 0.132 e. The molecule has 1 N–H and O–H groups in total. The van der Waals surface area contributed by atoms with Crippen LogP contribution in [0.3, 0.4) is 0 Å². The summed E-state index contributed by atoms with van der Waals surface area (Å²) in [7, 11) is 0. The molecule has 0 aromatic heterocycles. The molecule has 4 rings (SSSR count). The second-order valence-corrected chi connectivity index (χ2v) is 12.0. The molecule has 2 unspecified atom stereocenters. The Balaban J connectivity index is 1.56. The van der Waals surface area contributed by atoms with E-state index in [2.05, 4.69) is 127 Å². The van der Waals surface area contributed by atoms with Gasteiger partial charge in [-0.2, -0.15) is 0 Å². The molecule has 1 aliphatic rings. The fourth-order valence-corrected chi connectivity index (χ4v) is 4.85. The summed E-state index contributed by atoms with van der Waals surface area (Å²) in [6.45, 7) is 18.4. The number of rotatable bonds is 8. The molecule has 2 atom stereocenters. The zero-order chi connectivity index (χ0) is 26.8. The fraction of sp³-hybridized carbons (Fsp3) is 0.455. The van der Waals surface area contributed by atoms with Crippen molar-refractivity contribution in [1.82, 2.24) is 0 Å². The van der Waals surface area contributed by atoms with E-state index in [1.165, 1.54) is 22.3 Å². The Kier molecular flexibility index (Phi) is 8.01. The molecule has 37 heavy (non-hydrogen) atoms. The normalized spacial score (nSPS) is 18.8. The molecular formula is C33H43NO3. The first-order chi connectivity index (χ1) is 17.4. The summed E-state index contributed by atoms with van der Waals surface area (Å²) in [6, 6.07) is 23.5. The number of anilines is 1. The van der Waals surface area contributed by atoms with E-state index in [4.69, 9.17) is 14.2 Å². The van der Waals surface area contributed by atoms with Crippen molar-refractivity contribution in [3.05, 3.63) is 94.5 Å². The van der Waals surface area contributed by atoms with Crippen molar-refractivity contribution in [3.63, 3.8) is 0 Å². The molecule has 0 amide bonds. The molecule has 0 saturated heterocycles. The third-order valence-electron chi connectivity index (χ3n) is 7.06. The minimum atomic E-state index is -0.543. The van der Waals surface area contributed by atoms with E-state index in [1.54, 1.807) is 0 Å². The maximum atomic E-state index is 6.57. The lowest BCUT2D eigenvalue weighted by molar-refractivity contribution is -0.177. The molecular weight excluding hydrogens is 458 g/mol. The molecule has 4 nitrogen and oxygen atoms in total. The predicted molar refractivity (Wildman–Crippen MR) is 152 cm³/mol. The van der Waals surface area contributed by atoms with Gasteiger partial charge in [-0.1, -0.05) is 69.3 Å². The Bertz CT molecular complexity index is 1190. The van der Waals surface area contributed by atoms with Crippen LogP contribution in [0.15, 0.2) is 66.7 Å². The SMILES string of the molecule is Cc1ccccc1COC1C(OC(C)C)c2cc(NCc3ccc(C(C)(C)C)cc3)ccc2OC1(C)C. The highest BCUT2D eigenvalue weighted by molar-refractivity contribution is 5.54. The molecule has 3 aromatic rings. The molecule has 0 aliphatic carbocycles. The minimum Gasteiger partial charge on any atom is -0.485 e. The van der Waals surface area contributed by atoms with E-state index in [0.29, 0.717) is 6.61 Å². The van der Waals surface area contributed by atoms with Crippen LogP contribution < -0.4 is 10.1 Å². The quantitative estimate of drug-likeness (QED) is 0.338. The van der Waals surface area contributed by atoms with Crippen LogP contribution in [0.4, 0.5) is 5.69 Å². The third kappa shape index (κ3) is 6.55. The Labute approximate surface area is 223 Å². The summed E-state index contributed by atoms with van der Waals surface area (Å²) in [4.78, 5) is 0. The van der Waals surface area contributed by atoms with E-state index in [9.17, 15) is 0 Å². The largest absolute Gasteiger partial charge is 0.485 e. The van der Waals surface area contributed by atoms with E-state index >= 15 is 0 Å². The molecule has 1 heterocycles. The van der Waals surface area contributed by atoms with Crippen molar-refractivity contribution < 1.29 is 14.2 Å². The Morgan fingerprint density at radius 3 is 2.32 bits per heavy atom. The highest BCUT2D eigenvalue weighted by Gasteiger charge is 2.46. The fourth-order valence-electron chi connectivity index (χ4n) is 4.85. The van der Waals surface area contributed by atoms with Crippen LogP contribution in [0.5, 0.6) is 5.75 Å². The first kappa shape index (κ1) is 27.2. The number of nitrogens with one attached hydrogen (secondary N) is 1. The van der Waals surface area contributed by atoms with Crippen molar-refractivity contribution in [2.24, 2.45) is 0 Å².